The fourth-order valence-electron chi connectivity index (χ4n) is 7.19. The number of unbranched alkanes of at least 4 members (excludes halogenated alkanes) is 1. The first kappa shape index (κ1) is 31.8. The van der Waals surface area contributed by atoms with Gasteiger partial charge in [0.15, 0.2) is 0 Å². The molecule has 2 heterocycles. The first-order valence-electron chi connectivity index (χ1n) is 17.0. The van der Waals surface area contributed by atoms with Gasteiger partial charge in [0.05, 0.1) is 37.1 Å². The minimum Gasteiger partial charge on any atom is -0.491 e. The van der Waals surface area contributed by atoms with Crippen LogP contribution >= 0.6 is 0 Å². The largest absolute Gasteiger partial charge is 0.491 e. The number of hydrogen-bond donors (Lipinski definition) is 2. The van der Waals surface area contributed by atoms with Gasteiger partial charge in [0, 0.05) is 12.0 Å². The number of ether oxygens (including phenoxy) is 5. The van der Waals surface area contributed by atoms with Crippen LogP contribution in [-0.4, -0.2) is 73.3 Å². The first-order valence-corrected chi connectivity index (χ1v) is 17.0. The Morgan fingerprint density at radius 1 is 0.682 bits per heavy atom. The highest BCUT2D eigenvalue weighted by Crippen LogP contribution is 2.41. The van der Waals surface area contributed by atoms with Crippen molar-refractivity contribution in [3.8, 4) is 11.5 Å². The quantitative estimate of drug-likeness (QED) is 0.163. The predicted molar refractivity (Wildman–Crippen MR) is 169 cm³/mol. The van der Waals surface area contributed by atoms with Gasteiger partial charge in [-0.15, -0.1) is 0 Å². The van der Waals surface area contributed by atoms with Crippen LogP contribution in [0.5, 0.6) is 11.5 Å². The zero-order valence-corrected chi connectivity index (χ0v) is 26.6. The summed E-state index contributed by atoms with van der Waals surface area (Å²) in [5, 5.41) is 20.8. The number of rotatable bonds is 17. The van der Waals surface area contributed by atoms with Crippen molar-refractivity contribution in [2.24, 2.45) is 11.8 Å². The molecule has 0 radical (unpaired) electrons. The molecule has 7 nitrogen and oxygen atoms in total. The number of hydrogen-bond acceptors (Lipinski definition) is 7. The molecule has 2 aliphatic heterocycles. The standard InChI is InChI=1S/C37H52O7/c1-37(2,28-11-15-32(16-12-28)42-24-30(39)22-40-21-26-8-18-34-36(20-26)44-34)27-9-13-31(14-10-27)41-23-29(38)6-4-3-5-25-7-17-33-35(19-25)43-33/h9-16,25-26,29-30,33-36,38-39H,3-8,17-24H2,1-2H3. The molecule has 7 heteroatoms. The summed E-state index contributed by atoms with van der Waals surface area (Å²) in [6.45, 7) is 5.90. The molecule has 4 fully saturated rings. The van der Waals surface area contributed by atoms with E-state index in [9.17, 15) is 10.2 Å². The van der Waals surface area contributed by atoms with E-state index < -0.39 is 12.2 Å². The number of fused-ring (bicyclic) bond motifs is 2. The molecule has 0 bridgehead atoms. The highest BCUT2D eigenvalue weighted by Gasteiger charge is 2.44. The Hall–Kier alpha value is -2.16. The van der Waals surface area contributed by atoms with Gasteiger partial charge in [0.25, 0.3) is 0 Å². The summed E-state index contributed by atoms with van der Waals surface area (Å²) in [4.78, 5) is 0. The van der Waals surface area contributed by atoms with Gasteiger partial charge in [-0.05, 0) is 92.2 Å². The van der Waals surface area contributed by atoms with Crippen LogP contribution in [0.2, 0.25) is 0 Å². The summed E-state index contributed by atoms with van der Waals surface area (Å²) >= 11 is 0. The normalized spacial score (nSPS) is 28.8. The van der Waals surface area contributed by atoms with Gasteiger partial charge in [-0.1, -0.05) is 57.4 Å². The highest BCUT2D eigenvalue weighted by atomic mass is 16.6. The lowest BCUT2D eigenvalue weighted by Crippen LogP contribution is -2.26. The molecular weight excluding hydrogens is 556 g/mol. The van der Waals surface area contributed by atoms with Gasteiger partial charge in [-0.3, -0.25) is 0 Å². The Balaban J connectivity index is 0.869. The molecule has 2 aromatic rings. The first-order chi connectivity index (χ1) is 21.3. The monoisotopic (exact) mass is 608 g/mol. The van der Waals surface area contributed by atoms with Gasteiger partial charge in [-0.25, -0.2) is 0 Å². The number of benzene rings is 2. The minimum atomic E-state index is -0.658. The summed E-state index contributed by atoms with van der Waals surface area (Å²) in [6.07, 6.45) is 12.4. The van der Waals surface area contributed by atoms with Gasteiger partial charge in [0.2, 0.25) is 0 Å². The fourth-order valence-corrected chi connectivity index (χ4v) is 7.19. The van der Waals surface area contributed by atoms with Crippen molar-refractivity contribution in [1.29, 1.82) is 0 Å². The van der Waals surface area contributed by atoms with E-state index in [2.05, 4.69) is 38.1 Å². The summed E-state index contributed by atoms with van der Waals surface area (Å²) < 4.78 is 28.8. The molecule has 6 rings (SSSR count). The Labute approximate surface area is 263 Å². The Morgan fingerprint density at radius 3 is 1.82 bits per heavy atom. The van der Waals surface area contributed by atoms with Gasteiger partial charge in [-0.2, -0.15) is 0 Å². The van der Waals surface area contributed by atoms with E-state index in [0.717, 1.165) is 49.5 Å². The maximum atomic E-state index is 10.4. The average Bonchev–Trinajstić information content (AvgIpc) is 3.96. The molecule has 2 saturated carbocycles. The summed E-state index contributed by atoms with van der Waals surface area (Å²) in [5.74, 6) is 2.86. The third kappa shape index (κ3) is 8.76. The van der Waals surface area contributed by atoms with E-state index in [1.54, 1.807) is 0 Å². The van der Waals surface area contributed by atoms with Crippen LogP contribution in [0.25, 0.3) is 0 Å². The second-order valence-corrected chi connectivity index (χ2v) is 14.2. The summed E-state index contributed by atoms with van der Waals surface area (Å²) in [7, 11) is 0. The number of aliphatic hydroxyl groups is 2. The number of aliphatic hydroxyl groups excluding tert-OH is 2. The van der Waals surface area contributed by atoms with E-state index in [0.29, 0.717) is 43.5 Å². The molecule has 0 aromatic heterocycles. The van der Waals surface area contributed by atoms with E-state index in [1.165, 1.54) is 43.2 Å². The van der Waals surface area contributed by atoms with E-state index in [-0.39, 0.29) is 18.6 Å². The molecule has 2 saturated heterocycles. The highest BCUT2D eigenvalue weighted by molar-refractivity contribution is 5.41. The second kappa shape index (κ2) is 14.5. The van der Waals surface area contributed by atoms with Crippen LogP contribution in [0.15, 0.2) is 48.5 Å². The molecule has 0 spiro atoms. The lowest BCUT2D eigenvalue weighted by Gasteiger charge is -2.26. The van der Waals surface area contributed by atoms with E-state index in [4.69, 9.17) is 23.7 Å². The Kier molecular flexibility index (Phi) is 10.5. The van der Waals surface area contributed by atoms with Gasteiger partial charge < -0.3 is 33.9 Å². The number of epoxide rings is 2. The second-order valence-electron chi connectivity index (χ2n) is 14.2. The van der Waals surface area contributed by atoms with Crippen molar-refractivity contribution in [3.05, 3.63) is 59.7 Å². The van der Waals surface area contributed by atoms with Crippen LogP contribution in [-0.2, 0) is 19.6 Å². The molecule has 4 aliphatic rings. The van der Waals surface area contributed by atoms with Crippen molar-refractivity contribution in [3.63, 3.8) is 0 Å². The van der Waals surface area contributed by atoms with Gasteiger partial charge in [0.1, 0.15) is 30.8 Å². The van der Waals surface area contributed by atoms with Crippen molar-refractivity contribution in [1.82, 2.24) is 0 Å². The molecule has 8 unspecified atom stereocenters. The summed E-state index contributed by atoms with van der Waals surface area (Å²) in [5.41, 5.74) is 2.14. The zero-order valence-electron chi connectivity index (χ0n) is 26.6. The Morgan fingerprint density at radius 2 is 1.23 bits per heavy atom. The summed E-state index contributed by atoms with van der Waals surface area (Å²) in [6, 6.07) is 16.3. The molecule has 2 aromatic carbocycles. The van der Waals surface area contributed by atoms with Crippen LogP contribution in [0.1, 0.15) is 89.2 Å². The van der Waals surface area contributed by atoms with Gasteiger partial charge >= 0.3 is 0 Å². The predicted octanol–water partition coefficient (Wildman–Crippen LogP) is 6.20. The molecule has 0 amide bonds. The van der Waals surface area contributed by atoms with E-state index in [1.807, 2.05) is 24.3 Å². The van der Waals surface area contributed by atoms with Crippen LogP contribution in [0.4, 0.5) is 0 Å². The maximum absolute atomic E-state index is 10.4. The van der Waals surface area contributed by atoms with Crippen molar-refractivity contribution in [2.75, 3.05) is 26.4 Å². The molecule has 242 valence electrons. The third-order valence-corrected chi connectivity index (χ3v) is 10.3. The third-order valence-electron chi connectivity index (χ3n) is 10.3. The molecule has 2 aliphatic carbocycles. The van der Waals surface area contributed by atoms with Crippen LogP contribution in [0.3, 0.4) is 0 Å². The topological polar surface area (TPSA) is 93.2 Å². The lowest BCUT2D eigenvalue weighted by atomic mass is 9.78. The SMILES string of the molecule is CC(C)(c1ccc(OCC(O)CCCCC2CCC3OC3C2)cc1)c1ccc(OCC(O)COCC2CCC3OC3C2)cc1. The van der Waals surface area contributed by atoms with Crippen LogP contribution in [0, 0.1) is 11.8 Å². The average molecular weight is 609 g/mol. The van der Waals surface area contributed by atoms with Crippen LogP contribution < -0.4 is 9.47 Å². The van der Waals surface area contributed by atoms with Crippen molar-refractivity contribution >= 4 is 0 Å². The zero-order chi connectivity index (χ0) is 30.5. The van der Waals surface area contributed by atoms with Crippen molar-refractivity contribution in [2.45, 2.75) is 120 Å². The smallest absolute Gasteiger partial charge is 0.119 e. The molecule has 8 atom stereocenters. The Bertz CT molecular complexity index is 1170. The minimum absolute atomic E-state index is 0.203. The molecular formula is C37H52O7. The van der Waals surface area contributed by atoms with Crippen molar-refractivity contribution < 1.29 is 33.9 Å². The maximum Gasteiger partial charge on any atom is 0.119 e. The fraction of sp³-hybridized carbons (Fsp3) is 0.676. The van der Waals surface area contributed by atoms with E-state index >= 15 is 0 Å². The lowest BCUT2D eigenvalue weighted by molar-refractivity contribution is -0.00278. The molecule has 44 heavy (non-hydrogen) atoms. The molecule has 2 N–H and O–H groups in total.